The van der Waals surface area contributed by atoms with Gasteiger partial charge in [-0.25, -0.2) is 9.67 Å². The van der Waals surface area contributed by atoms with Crippen molar-refractivity contribution in [3.63, 3.8) is 0 Å². The molecule has 0 aromatic carbocycles. The van der Waals surface area contributed by atoms with Crippen LogP contribution in [0.15, 0.2) is 6.33 Å². The second-order valence-electron chi connectivity index (χ2n) is 5.72. The molecule has 1 rings (SSSR count). The van der Waals surface area contributed by atoms with E-state index in [2.05, 4.69) is 50.0 Å². The number of rotatable bonds is 6. The Bertz CT molecular complexity index is 324. The molecule has 4 heteroatoms. The van der Waals surface area contributed by atoms with Crippen molar-refractivity contribution in [2.24, 2.45) is 5.41 Å². The first-order valence-corrected chi connectivity index (χ1v) is 6.59. The van der Waals surface area contributed by atoms with Gasteiger partial charge in [-0.15, -0.1) is 0 Å². The first kappa shape index (κ1) is 14.2. The van der Waals surface area contributed by atoms with Crippen molar-refractivity contribution in [3.8, 4) is 0 Å². The molecule has 0 aliphatic rings. The van der Waals surface area contributed by atoms with Gasteiger partial charge in [-0.2, -0.15) is 5.10 Å². The predicted octanol–water partition coefficient (Wildman–Crippen LogP) is 2.77. The molecule has 0 saturated carbocycles. The largest absolute Gasteiger partial charge is 0.308 e. The van der Waals surface area contributed by atoms with Crippen LogP contribution >= 0.6 is 0 Å². The fraction of sp³-hybridized carbons (Fsp3) is 0.846. The van der Waals surface area contributed by atoms with Crippen LogP contribution < -0.4 is 5.32 Å². The number of hydrogen-bond acceptors (Lipinski definition) is 3. The fourth-order valence-corrected chi connectivity index (χ4v) is 2.04. The number of aromatic nitrogens is 3. The Morgan fingerprint density at radius 1 is 1.35 bits per heavy atom. The maximum Gasteiger partial charge on any atom is 0.143 e. The van der Waals surface area contributed by atoms with E-state index in [0.717, 1.165) is 31.8 Å². The van der Waals surface area contributed by atoms with Gasteiger partial charge in [0, 0.05) is 6.54 Å². The predicted molar refractivity (Wildman–Crippen MR) is 70.8 cm³/mol. The minimum absolute atomic E-state index is 0.288. The first-order valence-electron chi connectivity index (χ1n) is 6.59. The van der Waals surface area contributed by atoms with Gasteiger partial charge in [-0.3, -0.25) is 0 Å². The van der Waals surface area contributed by atoms with E-state index < -0.39 is 0 Å². The highest BCUT2D eigenvalue weighted by Gasteiger charge is 2.23. The summed E-state index contributed by atoms with van der Waals surface area (Å²) in [5, 5.41) is 7.82. The molecule has 0 bridgehead atoms. The zero-order valence-corrected chi connectivity index (χ0v) is 11.8. The SMILES string of the molecule is CCCn1ncnc1C(CC(C)(C)C)NCC. The topological polar surface area (TPSA) is 42.7 Å². The lowest BCUT2D eigenvalue weighted by molar-refractivity contribution is 0.299. The molecule has 98 valence electrons. The number of nitrogens with one attached hydrogen (secondary N) is 1. The third-order valence-electron chi connectivity index (χ3n) is 2.66. The molecule has 0 saturated heterocycles. The summed E-state index contributed by atoms with van der Waals surface area (Å²) in [6.45, 7) is 13.0. The Kier molecular flexibility index (Phi) is 5.12. The van der Waals surface area contributed by atoms with Crippen LogP contribution in [0.5, 0.6) is 0 Å². The number of hydrogen-bond donors (Lipinski definition) is 1. The van der Waals surface area contributed by atoms with Crippen LogP contribution in [0.25, 0.3) is 0 Å². The lowest BCUT2D eigenvalue weighted by atomic mass is 9.87. The highest BCUT2D eigenvalue weighted by Crippen LogP contribution is 2.28. The maximum absolute atomic E-state index is 4.43. The van der Waals surface area contributed by atoms with Crippen LogP contribution in [0.2, 0.25) is 0 Å². The molecule has 1 unspecified atom stereocenters. The minimum Gasteiger partial charge on any atom is -0.308 e. The standard InChI is InChI=1S/C13H26N4/c1-6-8-17-12(15-10-16-17)11(14-7-2)9-13(3,4)5/h10-11,14H,6-9H2,1-5H3. The smallest absolute Gasteiger partial charge is 0.143 e. The molecule has 0 spiro atoms. The van der Waals surface area contributed by atoms with Gasteiger partial charge in [0.05, 0.1) is 6.04 Å². The first-order chi connectivity index (χ1) is 7.98. The molecule has 0 aliphatic heterocycles. The van der Waals surface area contributed by atoms with E-state index >= 15 is 0 Å². The third-order valence-corrected chi connectivity index (χ3v) is 2.66. The van der Waals surface area contributed by atoms with Gasteiger partial charge in [-0.1, -0.05) is 34.6 Å². The number of nitrogens with zero attached hydrogens (tertiary/aromatic N) is 3. The lowest BCUT2D eigenvalue weighted by Crippen LogP contribution is -2.28. The van der Waals surface area contributed by atoms with Crippen molar-refractivity contribution >= 4 is 0 Å². The number of aryl methyl sites for hydroxylation is 1. The van der Waals surface area contributed by atoms with Crippen LogP contribution in [0.1, 0.15) is 59.3 Å². The fourth-order valence-electron chi connectivity index (χ4n) is 2.04. The molecule has 17 heavy (non-hydrogen) atoms. The molecular weight excluding hydrogens is 212 g/mol. The molecule has 0 fully saturated rings. The Morgan fingerprint density at radius 2 is 2.06 bits per heavy atom. The van der Waals surface area contributed by atoms with E-state index in [9.17, 15) is 0 Å². The van der Waals surface area contributed by atoms with Crippen molar-refractivity contribution in [1.82, 2.24) is 20.1 Å². The van der Waals surface area contributed by atoms with E-state index in [1.807, 2.05) is 4.68 Å². The lowest BCUT2D eigenvalue weighted by Gasteiger charge is -2.26. The van der Waals surface area contributed by atoms with E-state index in [-0.39, 0.29) is 5.41 Å². The van der Waals surface area contributed by atoms with Crippen LogP contribution in [-0.2, 0) is 6.54 Å². The summed E-state index contributed by atoms with van der Waals surface area (Å²) < 4.78 is 2.03. The molecule has 1 aromatic heterocycles. The average molecular weight is 238 g/mol. The second kappa shape index (κ2) is 6.15. The molecule has 1 N–H and O–H groups in total. The highest BCUT2D eigenvalue weighted by molar-refractivity contribution is 4.96. The Labute approximate surface area is 105 Å². The van der Waals surface area contributed by atoms with Gasteiger partial charge in [0.1, 0.15) is 12.2 Å². The second-order valence-corrected chi connectivity index (χ2v) is 5.72. The van der Waals surface area contributed by atoms with Gasteiger partial charge in [0.25, 0.3) is 0 Å². The summed E-state index contributed by atoms with van der Waals surface area (Å²) in [5.41, 5.74) is 0.288. The summed E-state index contributed by atoms with van der Waals surface area (Å²) in [4.78, 5) is 4.43. The molecular formula is C13H26N4. The highest BCUT2D eigenvalue weighted by atomic mass is 15.3. The van der Waals surface area contributed by atoms with Gasteiger partial charge >= 0.3 is 0 Å². The van der Waals surface area contributed by atoms with E-state index in [1.165, 1.54) is 0 Å². The molecule has 0 amide bonds. The third kappa shape index (κ3) is 4.46. The molecule has 0 aliphatic carbocycles. The molecule has 4 nitrogen and oxygen atoms in total. The van der Waals surface area contributed by atoms with Crippen molar-refractivity contribution in [3.05, 3.63) is 12.2 Å². The van der Waals surface area contributed by atoms with Gasteiger partial charge in [0.15, 0.2) is 0 Å². The molecule has 1 heterocycles. The molecule has 1 aromatic rings. The van der Waals surface area contributed by atoms with Crippen molar-refractivity contribution in [2.75, 3.05) is 6.54 Å². The normalized spacial score (nSPS) is 13.9. The minimum atomic E-state index is 0.288. The Balaban J connectivity index is 2.84. The monoisotopic (exact) mass is 238 g/mol. The zero-order chi connectivity index (χ0) is 12.9. The molecule has 1 atom stereocenters. The van der Waals surface area contributed by atoms with Crippen LogP contribution in [0, 0.1) is 5.41 Å². The Hall–Kier alpha value is -0.900. The Morgan fingerprint density at radius 3 is 2.59 bits per heavy atom. The van der Waals surface area contributed by atoms with Crippen molar-refractivity contribution < 1.29 is 0 Å². The van der Waals surface area contributed by atoms with Crippen LogP contribution in [0.3, 0.4) is 0 Å². The van der Waals surface area contributed by atoms with Gasteiger partial charge in [-0.05, 0) is 24.8 Å². The van der Waals surface area contributed by atoms with E-state index in [0.29, 0.717) is 6.04 Å². The summed E-state index contributed by atoms with van der Waals surface area (Å²) in [7, 11) is 0. The van der Waals surface area contributed by atoms with Gasteiger partial charge in [0.2, 0.25) is 0 Å². The van der Waals surface area contributed by atoms with Crippen molar-refractivity contribution in [2.45, 2.75) is 60.0 Å². The van der Waals surface area contributed by atoms with Crippen LogP contribution in [-0.4, -0.2) is 21.3 Å². The van der Waals surface area contributed by atoms with Gasteiger partial charge < -0.3 is 5.32 Å². The summed E-state index contributed by atoms with van der Waals surface area (Å²) >= 11 is 0. The van der Waals surface area contributed by atoms with E-state index in [1.54, 1.807) is 6.33 Å². The summed E-state index contributed by atoms with van der Waals surface area (Å²) in [6.07, 6.45) is 3.83. The quantitative estimate of drug-likeness (QED) is 0.828. The summed E-state index contributed by atoms with van der Waals surface area (Å²) in [5.74, 6) is 1.07. The maximum atomic E-state index is 4.43. The van der Waals surface area contributed by atoms with Crippen LogP contribution in [0.4, 0.5) is 0 Å². The summed E-state index contributed by atoms with van der Waals surface area (Å²) in [6, 6.07) is 0.300. The van der Waals surface area contributed by atoms with Crippen molar-refractivity contribution in [1.29, 1.82) is 0 Å². The molecule has 0 radical (unpaired) electrons. The average Bonchev–Trinajstić information content (AvgIpc) is 2.64. The van der Waals surface area contributed by atoms with E-state index in [4.69, 9.17) is 0 Å². The zero-order valence-electron chi connectivity index (χ0n) is 11.8.